The van der Waals surface area contributed by atoms with E-state index in [1.165, 1.54) is 23.3 Å². The first-order valence-corrected chi connectivity index (χ1v) is 2.72. The van der Waals surface area contributed by atoms with Gasteiger partial charge in [0.25, 0.3) is 0 Å². The lowest BCUT2D eigenvalue weighted by Gasteiger charge is -1.90. The summed E-state index contributed by atoms with van der Waals surface area (Å²) >= 11 is 5.06. The van der Waals surface area contributed by atoms with E-state index in [0.717, 1.165) is 5.54 Å². The second-order valence-electron chi connectivity index (χ2n) is 1.40. The van der Waals surface area contributed by atoms with E-state index in [1.54, 1.807) is 0 Å². The zero-order valence-corrected chi connectivity index (χ0v) is 5.22. The third-order valence-corrected chi connectivity index (χ3v) is 1.02. The van der Waals surface area contributed by atoms with Crippen molar-refractivity contribution in [1.82, 2.24) is 9.55 Å². The van der Waals surface area contributed by atoms with Gasteiger partial charge in [-0.15, -0.1) is 0 Å². The van der Waals surface area contributed by atoms with Crippen LogP contribution in [0.3, 0.4) is 0 Å². The number of rotatable bonds is 1. The van der Waals surface area contributed by atoms with Gasteiger partial charge in [-0.25, -0.2) is 4.98 Å². The fourth-order valence-electron chi connectivity index (χ4n) is 0.442. The van der Waals surface area contributed by atoms with Gasteiger partial charge in [0.1, 0.15) is 6.33 Å². The molecule has 0 aliphatic heterocycles. The Morgan fingerprint density at radius 3 is 3.00 bits per heavy atom. The predicted molar refractivity (Wildman–Crippen MR) is 33.5 cm³/mol. The van der Waals surface area contributed by atoms with Crippen LogP contribution in [0.25, 0.3) is 5.95 Å². The molecule has 2 nitrogen and oxygen atoms in total. The normalized spacial score (nSPS) is 12.0. The van der Waals surface area contributed by atoms with Gasteiger partial charge in [0, 0.05) is 12.4 Å². The van der Waals surface area contributed by atoms with Crippen molar-refractivity contribution in [2.24, 2.45) is 0 Å². The Labute approximate surface area is 56.6 Å². The molecular formula is C5H4ClFN2. The number of hydrogen-bond donors (Lipinski definition) is 0. The van der Waals surface area contributed by atoms with Crippen LogP contribution in [0.5, 0.6) is 0 Å². The summed E-state index contributed by atoms with van der Waals surface area (Å²) in [6.45, 7) is 0. The van der Waals surface area contributed by atoms with Gasteiger partial charge < -0.3 is 0 Å². The molecule has 0 fully saturated rings. The molecule has 0 radical (unpaired) electrons. The summed E-state index contributed by atoms with van der Waals surface area (Å²) < 4.78 is 13.5. The van der Waals surface area contributed by atoms with Crippen LogP contribution >= 0.6 is 11.6 Å². The summed E-state index contributed by atoms with van der Waals surface area (Å²) in [5.74, 6) is -0.533. The molecule has 0 spiro atoms. The molecule has 1 aromatic rings. The molecule has 0 N–H and O–H groups in total. The van der Waals surface area contributed by atoms with Crippen LogP contribution in [-0.2, 0) is 0 Å². The highest BCUT2D eigenvalue weighted by atomic mass is 35.5. The van der Waals surface area contributed by atoms with Crippen molar-refractivity contribution in [1.29, 1.82) is 0 Å². The van der Waals surface area contributed by atoms with Crippen LogP contribution in [0, 0.1) is 0 Å². The largest absolute Gasteiger partial charge is 0.282 e. The fraction of sp³-hybridized carbons (Fsp3) is 0. The van der Waals surface area contributed by atoms with Crippen LogP contribution < -0.4 is 0 Å². The fourth-order valence-corrected chi connectivity index (χ4v) is 0.555. The summed E-state index contributed by atoms with van der Waals surface area (Å²) in [7, 11) is 0. The first kappa shape index (κ1) is 6.29. The van der Waals surface area contributed by atoms with Crippen LogP contribution in [-0.4, -0.2) is 9.55 Å². The number of hydrogen-bond acceptors (Lipinski definition) is 1. The molecule has 0 aliphatic carbocycles. The average molecular weight is 147 g/mol. The molecule has 4 heteroatoms. The van der Waals surface area contributed by atoms with E-state index in [9.17, 15) is 4.39 Å². The average Bonchev–Trinajstić information content (AvgIpc) is 2.37. The highest BCUT2D eigenvalue weighted by molar-refractivity contribution is 6.27. The lowest BCUT2D eigenvalue weighted by molar-refractivity contribution is 0.689. The summed E-state index contributed by atoms with van der Waals surface area (Å²) in [5.41, 5.74) is 0.849. The number of aromatic nitrogens is 2. The van der Waals surface area contributed by atoms with Gasteiger partial charge in [-0.05, 0) is 0 Å². The van der Waals surface area contributed by atoms with Crippen LogP contribution in [0.4, 0.5) is 4.39 Å². The van der Waals surface area contributed by atoms with Crippen molar-refractivity contribution < 1.29 is 4.39 Å². The van der Waals surface area contributed by atoms with E-state index in [2.05, 4.69) is 4.98 Å². The number of nitrogens with zero attached hydrogens (tertiary/aromatic N) is 2. The molecule has 0 amide bonds. The SMILES string of the molecule is F/C(=C/Cl)n1ccnc1. The quantitative estimate of drug-likeness (QED) is 0.591. The molecule has 9 heavy (non-hydrogen) atoms. The van der Waals surface area contributed by atoms with Crippen molar-refractivity contribution >= 4 is 17.6 Å². The minimum Gasteiger partial charge on any atom is -0.282 e. The van der Waals surface area contributed by atoms with E-state index in [1.807, 2.05) is 0 Å². The van der Waals surface area contributed by atoms with Gasteiger partial charge in [-0.1, -0.05) is 11.6 Å². The Balaban J connectivity index is 2.90. The lowest BCUT2D eigenvalue weighted by Crippen LogP contribution is -1.84. The highest BCUT2D eigenvalue weighted by Gasteiger charge is 1.92. The van der Waals surface area contributed by atoms with Crippen molar-refractivity contribution in [3.05, 3.63) is 24.3 Å². The molecule has 0 bridgehead atoms. The van der Waals surface area contributed by atoms with Gasteiger partial charge >= 0.3 is 0 Å². The smallest absolute Gasteiger partial charge is 0.210 e. The van der Waals surface area contributed by atoms with E-state index in [-0.39, 0.29) is 0 Å². The van der Waals surface area contributed by atoms with Gasteiger partial charge in [-0.2, -0.15) is 4.39 Å². The molecule has 1 rings (SSSR count). The van der Waals surface area contributed by atoms with E-state index in [0.29, 0.717) is 0 Å². The Morgan fingerprint density at radius 1 is 1.78 bits per heavy atom. The zero-order chi connectivity index (χ0) is 6.69. The van der Waals surface area contributed by atoms with Gasteiger partial charge in [0.15, 0.2) is 0 Å². The van der Waals surface area contributed by atoms with Crippen LogP contribution in [0.15, 0.2) is 24.3 Å². The Kier molecular flexibility index (Phi) is 1.85. The molecule has 1 aromatic heterocycles. The van der Waals surface area contributed by atoms with Crippen LogP contribution in [0.1, 0.15) is 0 Å². The second kappa shape index (κ2) is 2.64. The van der Waals surface area contributed by atoms with E-state index < -0.39 is 5.95 Å². The molecular weight excluding hydrogens is 143 g/mol. The Morgan fingerprint density at radius 2 is 2.56 bits per heavy atom. The maximum absolute atomic E-state index is 12.3. The number of halogens is 2. The maximum Gasteiger partial charge on any atom is 0.210 e. The molecule has 0 aromatic carbocycles. The maximum atomic E-state index is 12.3. The van der Waals surface area contributed by atoms with Crippen LogP contribution in [0.2, 0.25) is 0 Å². The lowest BCUT2D eigenvalue weighted by atomic mass is 10.8. The third-order valence-electron chi connectivity index (χ3n) is 0.841. The summed E-state index contributed by atoms with van der Waals surface area (Å²) in [6.07, 6.45) is 4.27. The standard InChI is InChI=1S/C5H4ClFN2/c6-3-5(7)9-2-1-8-4-9/h1-4H/b5-3-. The molecule has 0 atom stereocenters. The van der Waals surface area contributed by atoms with Crippen molar-refractivity contribution in [2.75, 3.05) is 0 Å². The third kappa shape index (κ3) is 1.29. The molecule has 48 valence electrons. The molecule has 0 aliphatic rings. The first-order valence-electron chi connectivity index (χ1n) is 2.29. The van der Waals surface area contributed by atoms with Gasteiger partial charge in [0.05, 0.1) is 5.54 Å². The molecule has 1 heterocycles. The van der Waals surface area contributed by atoms with Crippen molar-refractivity contribution in [3.63, 3.8) is 0 Å². The number of imidazole rings is 1. The Bertz CT molecular complexity index is 205. The Hall–Kier alpha value is -0.830. The molecule has 0 unspecified atom stereocenters. The molecule has 0 saturated carbocycles. The van der Waals surface area contributed by atoms with Gasteiger partial charge in [-0.3, -0.25) is 4.57 Å². The van der Waals surface area contributed by atoms with Gasteiger partial charge in [0.2, 0.25) is 5.95 Å². The zero-order valence-electron chi connectivity index (χ0n) is 4.46. The second-order valence-corrected chi connectivity index (χ2v) is 1.62. The first-order chi connectivity index (χ1) is 4.34. The summed E-state index contributed by atoms with van der Waals surface area (Å²) in [5, 5.41) is 0. The predicted octanol–water partition coefficient (Wildman–Crippen LogP) is 1.85. The highest BCUT2D eigenvalue weighted by Crippen LogP contribution is 2.04. The monoisotopic (exact) mass is 146 g/mol. The van der Waals surface area contributed by atoms with Crippen molar-refractivity contribution in [3.8, 4) is 0 Å². The van der Waals surface area contributed by atoms with Crippen molar-refractivity contribution in [2.45, 2.75) is 0 Å². The van der Waals surface area contributed by atoms with E-state index >= 15 is 0 Å². The minimum atomic E-state index is -0.533. The molecule has 0 saturated heterocycles. The minimum absolute atomic E-state index is 0.533. The topological polar surface area (TPSA) is 17.8 Å². The summed E-state index contributed by atoms with van der Waals surface area (Å²) in [6, 6.07) is 0. The summed E-state index contributed by atoms with van der Waals surface area (Å²) in [4.78, 5) is 3.61. The van der Waals surface area contributed by atoms with E-state index in [4.69, 9.17) is 11.6 Å².